The number of rotatable bonds is 4. The summed E-state index contributed by atoms with van der Waals surface area (Å²) in [4.78, 5) is 12.4. The predicted octanol–water partition coefficient (Wildman–Crippen LogP) is 2.48. The second-order valence-electron chi connectivity index (χ2n) is 5.64. The highest BCUT2D eigenvalue weighted by atomic mass is 79.9. The van der Waals surface area contributed by atoms with Crippen LogP contribution in [0.3, 0.4) is 0 Å². The van der Waals surface area contributed by atoms with Crippen molar-refractivity contribution in [1.29, 1.82) is 0 Å². The number of carbonyl (C=O) groups excluding carboxylic acids is 1. The lowest BCUT2D eigenvalue weighted by molar-refractivity contribution is 0.0906. The van der Waals surface area contributed by atoms with Crippen LogP contribution in [-0.4, -0.2) is 28.2 Å². The molecule has 1 aromatic rings. The molecule has 0 aromatic carbocycles. The minimum absolute atomic E-state index is 0.0112. The lowest BCUT2D eigenvalue weighted by Crippen LogP contribution is -2.39. The highest BCUT2D eigenvalue weighted by Gasteiger charge is 2.31. The Morgan fingerprint density at radius 2 is 2.21 bits per heavy atom. The maximum absolute atomic E-state index is 12.4. The number of aliphatic hydroxyl groups is 1. The SMILES string of the molecule is O=C(NC1CCCC1CO)c1cc(Br)cn1C1CC1. The highest BCUT2D eigenvalue weighted by molar-refractivity contribution is 9.10. The second-order valence-corrected chi connectivity index (χ2v) is 6.55. The molecule has 0 radical (unpaired) electrons. The fourth-order valence-corrected chi connectivity index (χ4v) is 3.41. The van der Waals surface area contributed by atoms with Crippen molar-refractivity contribution in [2.24, 2.45) is 5.92 Å². The molecule has 2 atom stereocenters. The second kappa shape index (κ2) is 5.29. The van der Waals surface area contributed by atoms with Crippen LogP contribution in [0.1, 0.15) is 48.6 Å². The summed E-state index contributed by atoms with van der Waals surface area (Å²) in [7, 11) is 0. The van der Waals surface area contributed by atoms with Gasteiger partial charge in [-0.1, -0.05) is 6.42 Å². The average Bonchev–Trinajstić information content (AvgIpc) is 3.02. The van der Waals surface area contributed by atoms with E-state index < -0.39 is 0 Å². The first kappa shape index (κ1) is 13.2. The van der Waals surface area contributed by atoms with Crippen molar-refractivity contribution in [2.75, 3.05) is 6.61 Å². The van der Waals surface area contributed by atoms with Gasteiger partial charge in [-0.05, 0) is 47.7 Å². The van der Waals surface area contributed by atoms with E-state index in [9.17, 15) is 9.90 Å². The Kier molecular flexibility index (Phi) is 3.67. The third kappa shape index (κ3) is 2.72. The van der Waals surface area contributed by atoms with Crippen molar-refractivity contribution in [3.05, 3.63) is 22.4 Å². The fraction of sp³-hybridized carbons (Fsp3) is 0.643. The fourth-order valence-electron chi connectivity index (χ4n) is 2.97. The summed E-state index contributed by atoms with van der Waals surface area (Å²) in [6.45, 7) is 0.165. The molecule has 0 spiro atoms. The van der Waals surface area contributed by atoms with Crippen LogP contribution < -0.4 is 5.32 Å². The van der Waals surface area contributed by atoms with E-state index in [2.05, 4.69) is 25.8 Å². The van der Waals surface area contributed by atoms with Crippen molar-refractivity contribution in [2.45, 2.75) is 44.2 Å². The van der Waals surface area contributed by atoms with Crippen LogP contribution in [0.15, 0.2) is 16.7 Å². The minimum Gasteiger partial charge on any atom is -0.396 e. The monoisotopic (exact) mass is 326 g/mol. The number of halogens is 1. The molecule has 2 aliphatic rings. The number of hydrogen-bond acceptors (Lipinski definition) is 2. The van der Waals surface area contributed by atoms with Gasteiger partial charge in [-0.3, -0.25) is 4.79 Å². The van der Waals surface area contributed by atoms with Gasteiger partial charge in [0.05, 0.1) is 0 Å². The van der Waals surface area contributed by atoms with E-state index in [0.29, 0.717) is 6.04 Å². The van der Waals surface area contributed by atoms with Crippen LogP contribution in [0.4, 0.5) is 0 Å². The molecule has 4 nitrogen and oxygen atoms in total. The first-order valence-corrected chi connectivity index (χ1v) is 7.77. The molecule has 2 saturated carbocycles. The van der Waals surface area contributed by atoms with E-state index in [1.54, 1.807) is 0 Å². The number of aliphatic hydroxyl groups excluding tert-OH is 1. The number of aromatic nitrogens is 1. The van der Waals surface area contributed by atoms with Crippen LogP contribution in [-0.2, 0) is 0 Å². The van der Waals surface area contributed by atoms with Crippen molar-refractivity contribution >= 4 is 21.8 Å². The molecule has 2 unspecified atom stereocenters. The molecule has 2 aliphatic carbocycles. The summed E-state index contributed by atoms with van der Waals surface area (Å²) < 4.78 is 3.03. The zero-order chi connectivity index (χ0) is 13.4. The lowest BCUT2D eigenvalue weighted by Gasteiger charge is -2.19. The van der Waals surface area contributed by atoms with Crippen LogP contribution in [0, 0.1) is 5.92 Å². The van der Waals surface area contributed by atoms with Gasteiger partial charge < -0.3 is 15.0 Å². The molecule has 2 N–H and O–H groups in total. The summed E-state index contributed by atoms with van der Waals surface area (Å²) in [5.41, 5.74) is 0.734. The van der Waals surface area contributed by atoms with E-state index in [4.69, 9.17) is 0 Å². The molecular weight excluding hydrogens is 308 g/mol. The maximum Gasteiger partial charge on any atom is 0.268 e. The van der Waals surface area contributed by atoms with E-state index >= 15 is 0 Å². The Hall–Kier alpha value is -0.810. The molecule has 1 aromatic heterocycles. The van der Waals surface area contributed by atoms with Gasteiger partial charge in [0, 0.05) is 35.3 Å². The van der Waals surface area contributed by atoms with E-state index in [-0.39, 0.29) is 24.5 Å². The van der Waals surface area contributed by atoms with E-state index in [0.717, 1.165) is 42.3 Å². The van der Waals surface area contributed by atoms with Gasteiger partial charge in [-0.25, -0.2) is 0 Å². The molecule has 1 amide bonds. The van der Waals surface area contributed by atoms with Crippen LogP contribution in [0.25, 0.3) is 0 Å². The summed E-state index contributed by atoms with van der Waals surface area (Å²) in [5.74, 6) is 0.208. The third-order valence-electron chi connectivity index (χ3n) is 4.20. The molecule has 0 saturated heterocycles. The predicted molar refractivity (Wildman–Crippen MR) is 76.1 cm³/mol. The number of nitrogens with one attached hydrogen (secondary N) is 1. The van der Waals surface area contributed by atoms with Gasteiger partial charge in [0.25, 0.3) is 5.91 Å². The van der Waals surface area contributed by atoms with Gasteiger partial charge in [-0.15, -0.1) is 0 Å². The maximum atomic E-state index is 12.4. The third-order valence-corrected chi connectivity index (χ3v) is 4.63. The molecule has 3 rings (SSSR count). The van der Waals surface area contributed by atoms with Gasteiger partial charge in [0.2, 0.25) is 0 Å². The normalized spacial score (nSPS) is 26.6. The Morgan fingerprint density at radius 3 is 2.89 bits per heavy atom. The molecule has 19 heavy (non-hydrogen) atoms. The molecule has 0 bridgehead atoms. The van der Waals surface area contributed by atoms with Crippen LogP contribution >= 0.6 is 15.9 Å². The largest absolute Gasteiger partial charge is 0.396 e. The Bertz CT molecular complexity index is 482. The number of nitrogens with zero attached hydrogens (tertiary/aromatic N) is 1. The Morgan fingerprint density at radius 1 is 1.42 bits per heavy atom. The zero-order valence-corrected chi connectivity index (χ0v) is 12.4. The van der Waals surface area contributed by atoms with E-state index in [1.807, 2.05) is 12.3 Å². The van der Waals surface area contributed by atoms with Crippen molar-refractivity contribution in [3.63, 3.8) is 0 Å². The summed E-state index contributed by atoms with van der Waals surface area (Å²) in [6.07, 6.45) is 7.37. The highest BCUT2D eigenvalue weighted by Crippen LogP contribution is 2.37. The summed E-state index contributed by atoms with van der Waals surface area (Å²) in [5, 5.41) is 12.4. The van der Waals surface area contributed by atoms with Crippen LogP contribution in [0.2, 0.25) is 0 Å². The molecular formula is C14H19BrN2O2. The molecule has 2 fully saturated rings. The topological polar surface area (TPSA) is 54.3 Å². The first-order chi connectivity index (χ1) is 9.19. The number of amides is 1. The zero-order valence-electron chi connectivity index (χ0n) is 10.8. The Labute approximate surface area is 121 Å². The van der Waals surface area contributed by atoms with Crippen molar-refractivity contribution in [3.8, 4) is 0 Å². The summed E-state index contributed by atoms with van der Waals surface area (Å²) in [6, 6.07) is 2.50. The lowest BCUT2D eigenvalue weighted by atomic mass is 10.1. The smallest absolute Gasteiger partial charge is 0.268 e. The summed E-state index contributed by atoms with van der Waals surface area (Å²) >= 11 is 3.44. The van der Waals surface area contributed by atoms with Gasteiger partial charge in [0.1, 0.15) is 5.69 Å². The van der Waals surface area contributed by atoms with E-state index in [1.165, 1.54) is 0 Å². The van der Waals surface area contributed by atoms with Gasteiger partial charge in [0.15, 0.2) is 0 Å². The molecule has 104 valence electrons. The average molecular weight is 327 g/mol. The minimum atomic E-state index is -0.0112. The quantitative estimate of drug-likeness (QED) is 0.893. The molecule has 5 heteroatoms. The number of carbonyl (C=O) groups is 1. The van der Waals surface area contributed by atoms with Gasteiger partial charge in [-0.2, -0.15) is 0 Å². The van der Waals surface area contributed by atoms with Crippen LogP contribution in [0.5, 0.6) is 0 Å². The number of hydrogen-bond donors (Lipinski definition) is 2. The molecule has 0 aliphatic heterocycles. The molecule has 1 heterocycles. The van der Waals surface area contributed by atoms with Gasteiger partial charge >= 0.3 is 0 Å². The first-order valence-electron chi connectivity index (χ1n) is 6.98. The van der Waals surface area contributed by atoms with Crippen molar-refractivity contribution < 1.29 is 9.90 Å². The Balaban J connectivity index is 1.73. The standard InChI is InChI=1S/C14H19BrN2O2/c15-10-6-13(17(7-10)11-4-5-11)14(19)16-12-3-1-2-9(12)8-18/h6-7,9,11-12,18H,1-5,8H2,(H,16,19). The van der Waals surface area contributed by atoms with Crippen molar-refractivity contribution in [1.82, 2.24) is 9.88 Å².